The minimum atomic E-state index is -1.39. The highest BCUT2D eigenvalue weighted by Gasteiger charge is 2.36. The Kier molecular flexibility index (Phi) is 6.03. The summed E-state index contributed by atoms with van der Waals surface area (Å²) in [5.41, 5.74) is -0.740. The van der Waals surface area contributed by atoms with Crippen molar-refractivity contribution in [3.63, 3.8) is 0 Å². The Hall–Kier alpha value is -2.11. The van der Waals surface area contributed by atoms with Gasteiger partial charge in [0.1, 0.15) is 11.2 Å². The molecular formula is C18H17Cl2FN2O2. The number of carbonyl (C=O) groups excluding carboxylic acids is 2. The first-order valence-corrected chi connectivity index (χ1v) is 8.26. The monoisotopic (exact) mass is 382 g/mol. The quantitative estimate of drug-likeness (QED) is 0.752. The van der Waals surface area contributed by atoms with Gasteiger partial charge in [-0.15, -0.1) is 0 Å². The zero-order chi connectivity index (χ0) is 18.6. The van der Waals surface area contributed by atoms with Gasteiger partial charge < -0.3 is 10.6 Å². The van der Waals surface area contributed by atoms with Crippen LogP contribution in [0.15, 0.2) is 42.5 Å². The molecular weight excluding hydrogens is 366 g/mol. The molecule has 0 heterocycles. The highest BCUT2D eigenvalue weighted by atomic mass is 35.5. The Morgan fingerprint density at radius 1 is 1.04 bits per heavy atom. The molecule has 0 bridgehead atoms. The van der Waals surface area contributed by atoms with Crippen molar-refractivity contribution in [3.8, 4) is 0 Å². The van der Waals surface area contributed by atoms with E-state index in [1.165, 1.54) is 19.9 Å². The standard InChI is InChI=1S/C18H17Cl2FN2O2/c1-18(2,16(24)22-10-11-6-3-4-8-13(11)21)17(25)23-14-9-5-7-12(19)15(14)20/h3-9H,10H2,1-2H3,(H,22,24)(H,23,25). The van der Waals surface area contributed by atoms with Gasteiger partial charge in [-0.1, -0.05) is 47.5 Å². The summed E-state index contributed by atoms with van der Waals surface area (Å²) in [5, 5.41) is 5.65. The van der Waals surface area contributed by atoms with E-state index in [1.807, 2.05) is 0 Å². The van der Waals surface area contributed by atoms with Crippen molar-refractivity contribution in [3.05, 3.63) is 63.9 Å². The Morgan fingerprint density at radius 2 is 1.72 bits per heavy atom. The van der Waals surface area contributed by atoms with Crippen LogP contribution >= 0.6 is 23.2 Å². The van der Waals surface area contributed by atoms with Crippen molar-refractivity contribution in [2.24, 2.45) is 5.41 Å². The number of nitrogens with one attached hydrogen (secondary N) is 2. The lowest BCUT2D eigenvalue weighted by atomic mass is 9.90. The van der Waals surface area contributed by atoms with Gasteiger partial charge in [-0.05, 0) is 32.0 Å². The van der Waals surface area contributed by atoms with Crippen molar-refractivity contribution in [2.45, 2.75) is 20.4 Å². The normalized spacial score (nSPS) is 11.1. The van der Waals surface area contributed by atoms with Gasteiger partial charge in [0.2, 0.25) is 11.8 Å². The molecule has 2 aromatic rings. The molecule has 0 saturated heterocycles. The summed E-state index contributed by atoms with van der Waals surface area (Å²) in [6, 6.07) is 10.9. The molecule has 2 N–H and O–H groups in total. The van der Waals surface area contributed by atoms with Crippen LogP contribution in [0.1, 0.15) is 19.4 Å². The number of carbonyl (C=O) groups is 2. The van der Waals surface area contributed by atoms with Crippen LogP contribution in [-0.4, -0.2) is 11.8 Å². The predicted molar refractivity (Wildman–Crippen MR) is 97.1 cm³/mol. The second kappa shape index (κ2) is 7.85. The molecule has 0 aromatic heterocycles. The average molecular weight is 383 g/mol. The van der Waals surface area contributed by atoms with Crippen molar-refractivity contribution in [1.29, 1.82) is 0 Å². The predicted octanol–water partition coefficient (Wildman–Crippen LogP) is 4.41. The lowest BCUT2D eigenvalue weighted by molar-refractivity contribution is -0.138. The number of anilines is 1. The lowest BCUT2D eigenvalue weighted by Crippen LogP contribution is -2.45. The lowest BCUT2D eigenvalue weighted by Gasteiger charge is -2.23. The molecule has 2 rings (SSSR count). The third-order valence-electron chi connectivity index (χ3n) is 3.73. The first-order valence-electron chi connectivity index (χ1n) is 7.50. The van der Waals surface area contributed by atoms with E-state index in [9.17, 15) is 14.0 Å². The van der Waals surface area contributed by atoms with E-state index >= 15 is 0 Å². The van der Waals surface area contributed by atoms with Crippen LogP contribution in [-0.2, 0) is 16.1 Å². The van der Waals surface area contributed by atoms with Gasteiger partial charge in [-0.3, -0.25) is 9.59 Å². The van der Waals surface area contributed by atoms with Gasteiger partial charge >= 0.3 is 0 Å². The number of halogens is 3. The van der Waals surface area contributed by atoms with E-state index in [2.05, 4.69) is 10.6 Å². The van der Waals surface area contributed by atoms with E-state index in [0.717, 1.165) is 0 Å². The van der Waals surface area contributed by atoms with Crippen molar-refractivity contribution in [1.82, 2.24) is 5.32 Å². The van der Waals surface area contributed by atoms with Gasteiger partial charge in [0.15, 0.2) is 0 Å². The van der Waals surface area contributed by atoms with Crippen molar-refractivity contribution >= 4 is 40.7 Å². The minimum absolute atomic E-state index is 0.0138. The van der Waals surface area contributed by atoms with Gasteiger partial charge in [-0.25, -0.2) is 4.39 Å². The second-order valence-corrected chi connectivity index (χ2v) is 6.74. The molecule has 0 radical (unpaired) electrons. The maximum Gasteiger partial charge on any atom is 0.239 e. The summed E-state index contributed by atoms with van der Waals surface area (Å²) < 4.78 is 13.6. The first-order chi connectivity index (χ1) is 11.7. The van der Waals surface area contributed by atoms with Gasteiger partial charge in [0.25, 0.3) is 0 Å². The zero-order valence-corrected chi connectivity index (χ0v) is 15.2. The van der Waals surface area contributed by atoms with E-state index in [4.69, 9.17) is 23.2 Å². The van der Waals surface area contributed by atoms with Crippen molar-refractivity contribution in [2.75, 3.05) is 5.32 Å². The summed E-state index contributed by atoms with van der Waals surface area (Å²) in [7, 11) is 0. The third-order valence-corrected chi connectivity index (χ3v) is 4.55. The van der Waals surface area contributed by atoms with E-state index in [-0.39, 0.29) is 11.6 Å². The minimum Gasteiger partial charge on any atom is -0.351 e. The molecule has 7 heteroatoms. The number of benzene rings is 2. The van der Waals surface area contributed by atoms with Gasteiger partial charge in [0, 0.05) is 12.1 Å². The van der Waals surface area contributed by atoms with Crippen LogP contribution in [0.2, 0.25) is 10.0 Å². The molecule has 4 nitrogen and oxygen atoms in total. The van der Waals surface area contributed by atoms with E-state index < -0.39 is 23.0 Å². The fourth-order valence-electron chi connectivity index (χ4n) is 2.02. The molecule has 0 aliphatic heterocycles. The maximum atomic E-state index is 13.6. The molecule has 0 spiro atoms. The summed E-state index contributed by atoms with van der Waals surface area (Å²) >= 11 is 11.9. The van der Waals surface area contributed by atoms with E-state index in [1.54, 1.807) is 36.4 Å². The highest BCUT2D eigenvalue weighted by Crippen LogP contribution is 2.31. The Morgan fingerprint density at radius 3 is 2.40 bits per heavy atom. The molecule has 2 amide bonds. The molecule has 0 aliphatic carbocycles. The summed E-state index contributed by atoms with van der Waals surface area (Å²) in [6.07, 6.45) is 0. The third kappa shape index (κ3) is 4.50. The van der Waals surface area contributed by atoms with Crippen LogP contribution in [0.4, 0.5) is 10.1 Å². The summed E-state index contributed by atoms with van der Waals surface area (Å²) in [6.45, 7) is 2.93. The largest absolute Gasteiger partial charge is 0.351 e. The van der Waals surface area contributed by atoms with Gasteiger partial charge in [0.05, 0.1) is 15.7 Å². The summed E-state index contributed by atoms with van der Waals surface area (Å²) in [4.78, 5) is 24.8. The summed E-state index contributed by atoms with van der Waals surface area (Å²) in [5.74, 6) is -1.51. The topological polar surface area (TPSA) is 58.2 Å². The smallest absolute Gasteiger partial charge is 0.239 e. The second-order valence-electron chi connectivity index (χ2n) is 5.95. The number of hydrogen-bond acceptors (Lipinski definition) is 2. The molecule has 0 fully saturated rings. The van der Waals surface area contributed by atoms with Crippen LogP contribution in [0.5, 0.6) is 0 Å². The van der Waals surface area contributed by atoms with Crippen LogP contribution in [0.3, 0.4) is 0 Å². The van der Waals surface area contributed by atoms with Crippen LogP contribution in [0.25, 0.3) is 0 Å². The first kappa shape index (κ1) is 19.2. The molecule has 0 saturated carbocycles. The van der Waals surface area contributed by atoms with Gasteiger partial charge in [-0.2, -0.15) is 0 Å². The Labute approximate surface area is 155 Å². The average Bonchev–Trinajstić information content (AvgIpc) is 2.57. The fourth-order valence-corrected chi connectivity index (χ4v) is 2.37. The highest BCUT2D eigenvalue weighted by molar-refractivity contribution is 6.44. The molecule has 25 heavy (non-hydrogen) atoms. The molecule has 2 aromatic carbocycles. The van der Waals surface area contributed by atoms with Crippen LogP contribution < -0.4 is 10.6 Å². The number of rotatable bonds is 5. The number of hydrogen-bond donors (Lipinski definition) is 2. The SMILES string of the molecule is CC(C)(C(=O)NCc1ccccc1F)C(=O)Nc1cccc(Cl)c1Cl. The Bertz CT molecular complexity index is 809. The molecule has 0 atom stereocenters. The molecule has 132 valence electrons. The fraction of sp³-hybridized carbons (Fsp3) is 0.222. The zero-order valence-electron chi connectivity index (χ0n) is 13.7. The van der Waals surface area contributed by atoms with Crippen LogP contribution in [0, 0.1) is 11.2 Å². The number of amides is 2. The molecule has 0 unspecified atom stereocenters. The van der Waals surface area contributed by atoms with Crippen molar-refractivity contribution < 1.29 is 14.0 Å². The van der Waals surface area contributed by atoms with E-state index in [0.29, 0.717) is 16.3 Å². The molecule has 0 aliphatic rings. The Balaban J connectivity index is 2.06. The maximum absolute atomic E-state index is 13.6.